The van der Waals surface area contributed by atoms with Crippen LogP contribution in [0, 0.1) is 0 Å². The van der Waals surface area contributed by atoms with Crippen LogP contribution < -0.4 is 4.90 Å². The number of hydrogen-bond acceptors (Lipinski definition) is 6. The van der Waals surface area contributed by atoms with E-state index in [0.29, 0.717) is 12.6 Å². The monoisotopic (exact) mass is 340 g/mol. The fourth-order valence-electron chi connectivity index (χ4n) is 3.04. The minimum absolute atomic E-state index is 0.278. The normalized spacial score (nSPS) is 23.1. The van der Waals surface area contributed by atoms with Gasteiger partial charge in [0.2, 0.25) is 5.91 Å². The van der Waals surface area contributed by atoms with Gasteiger partial charge in [0.25, 0.3) is 0 Å². The van der Waals surface area contributed by atoms with Crippen molar-refractivity contribution in [3.63, 3.8) is 0 Å². The van der Waals surface area contributed by atoms with E-state index in [-0.39, 0.29) is 5.91 Å². The van der Waals surface area contributed by atoms with Gasteiger partial charge in [0, 0.05) is 49.6 Å². The average molecular weight is 341 g/mol. The summed E-state index contributed by atoms with van der Waals surface area (Å²) in [5.74, 6) is 2.68. The van der Waals surface area contributed by atoms with Crippen molar-refractivity contribution in [1.29, 1.82) is 0 Å². The third-order valence-electron chi connectivity index (χ3n) is 4.45. The SMILES string of the molecule is CN(CC(=O)N1CCCN(c2nccs2)CC1)[C@H]1CCSC1. The Bertz CT molecular complexity index is 476. The first-order chi connectivity index (χ1) is 10.7. The van der Waals surface area contributed by atoms with Gasteiger partial charge in [0.15, 0.2) is 5.13 Å². The summed E-state index contributed by atoms with van der Waals surface area (Å²) >= 11 is 3.67. The molecule has 122 valence electrons. The Hall–Kier alpha value is -0.790. The Labute approximate surface area is 140 Å². The van der Waals surface area contributed by atoms with Gasteiger partial charge in [-0.1, -0.05) is 0 Å². The Morgan fingerprint density at radius 1 is 1.41 bits per heavy atom. The van der Waals surface area contributed by atoms with Crippen molar-refractivity contribution in [2.24, 2.45) is 0 Å². The third-order valence-corrected chi connectivity index (χ3v) is 6.43. The molecule has 0 aromatic carbocycles. The van der Waals surface area contributed by atoms with Gasteiger partial charge in [-0.25, -0.2) is 4.98 Å². The second-order valence-electron chi connectivity index (χ2n) is 5.97. The molecule has 0 N–H and O–H groups in total. The molecule has 5 nitrogen and oxygen atoms in total. The van der Waals surface area contributed by atoms with E-state index < -0.39 is 0 Å². The highest BCUT2D eigenvalue weighted by Crippen LogP contribution is 2.22. The molecule has 0 radical (unpaired) electrons. The summed E-state index contributed by atoms with van der Waals surface area (Å²) in [7, 11) is 2.09. The lowest BCUT2D eigenvalue weighted by Gasteiger charge is -2.27. The minimum atomic E-state index is 0.278. The van der Waals surface area contributed by atoms with Crippen molar-refractivity contribution in [2.45, 2.75) is 18.9 Å². The zero-order valence-electron chi connectivity index (χ0n) is 13.1. The van der Waals surface area contributed by atoms with E-state index in [1.54, 1.807) is 11.3 Å². The van der Waals surface area contributed by atoms with Gasteiger partial charge in [0.05, 0.1) is 6.54 Å². The van der Waals surface area contributed by atoms with Crippen molar-refractivity contribution < 1.29 is 4.79 Å². The summed E-state index contributed by atoms with van der Waals surface area (Å²) in [5.41, 5.74) is 0. The predicted octanol–water partition coefficient (Wildman–Crippen LogP) is 1.62. The van der Waals surface area contributed by atoms with Crippen LogP contribution in [0.2, 0.25) is 0 Å². The Kier molecular flexibility index (Phi) is 5.60. The van der Waals surface area contributed by atoms with E-state index in [1.165, 1.54) is 17.9 Å². The molecule has 2 fully saturated rings. The number of amides is 1. The summed E-state index contributed by atoms with van der Waals surface area (Å²) in [6.45, 7) is 4.12. The number of thioether (sulfide) groups is 1. The lowest BCUT2D eigenvalue weighted by molar-refractivity contribution is -0.132. The number of likely N-dealkylation sites (N-methyl/N-ethyl adjacent to an activating group) is 1. The molecular formula is C15H24N4OS2. The second-order valence-corrected chi connectivity index (χ2v) is 7.99. The third kappa shape index (κ3) is 3.94. The van der Waals surface area contributed by atoms with E-state index in [4.69, 9.17) is 0 Å². The predicted molar refractivity (Wildman–Crippen MR) is 93.9 cm³/mol. The molecule has 0 unspecified atom stereocenters. The molecule has 0 saturated carbocycles. The van der Waals surface area contributed by atoms with E-state index in [9.17, 15) is 4.79 Å². The topological polar surface area (TPSA) is 39.7 Å². The smallest absolute Gasteiger partial charge is 0.236 e. The van der Waals surface area contributed by atoms with Crippen LogP contribution in [0.5, 0.6) is 0 Å². The fraction of sp³-hybridized carbons (Fsp3) is 0.733. The summed E-state index contributed by atoms with van der Waals surface area (Å²) in [6, 6.07) is 0.577. The van der Waals surface area contributed by atoms with Crippen molar-refractivity contribution in [3.8, 4) is 0 Å². The van der Waals surface area contributed by atoms with E-state index in [0.717, 1.165) is 37.7 Å². The van der Waals surface area contributed by atoms with Gasteiger partial charge in [-0.05, 0) is 25.6 Å². The number of thiazole rings is 1. The Balaban J connectivity index is 1.50. The second kappa shape index (κ2) is 7.66. The van der Waals surface area contributed by atoms with E-state index >= 15 is 0 Å². The molecule has 1 aromatic rings. The van der Waals surface area contributed by atoms with Crippen LogP contribution in [-0.4, -0.2) is 78.0 Å². The molecule has 0 spiro atoms. The molecule has 1 aromatic heterocycles. The Morgan fingerprint density at radius 2 is 2.32 bits per heavy atom. The maximum Gasteiger partial charge on any atom is 0.236 e. The molecule has 2 aliphatic heterocycles. The van der Waals surface area contributed by atoms with E-state index in [2.05, 4.69) is 21.8 Å². The van der Waals surface area contributed by atoms with Crippen LogP contribution >= 0.6 is 23.1 Å². The quantitative estimate of drug-likeness (QED) is 0.833. The molecule has 2 aliphatic rings. The molecular weight excluding hydrogens is 316 g/mol. The first-order valence-electron chi connectivity index (χ1n) is 7.94. The van der Waals surface area contributed by atoms with Gasteiger partial charge in [-0.15, -0.1) is 11.3 Å². The zero-order valence-corrected chi connectivity index (χ0v) is 14.7. The number of anilines is 1. The van der Waals surface area contributed by atoms with Crippen LogP contribution in [0.4, 0.5) is 5.13 Å². The number of hydrogen-bond donors (Lipinski definition) is 0. The van der Waals surface area contributed by atoms with Crippen LogP contribution in [-0.2, 0) is 4.79 Å². The lowest BCUT2D eigenvalue weighted by atomic mass is 10.2. The highest BCUT2D eigenvalue weighted by molar-refractivity contribution is 7.99. The highest BCUT2D eigenvalue weighted by Gasteiger charge is 2.25. The van der Waals surface area contributed by atoms with Crippen LogP contribution in [0.3, 0.4) is 0 Å². The van der Waals surface area contributed by atoms with Crippen LogP contribution in [0.25, 0.3) is 0 Å². The molecule has 0 aliphatic carbocycles. The van der Waals surface area contributed by atoms with Crippen LogP contribution in [0.1, 0.15) is 12.8 Å². The van der Waals surface area contributed by atoms with Crippen LogP contribution in [0.15, 0.2) is 11.6 Å². The number of aromatic nitrogens is 1. The van der Waals surface area contributed by atoms with Gasteiger partial charge in [-0.3, -0.25) is 9.69 Å². The first-order valence-corrected chi connectivity index (χ1v) is 9.97. The van der Waals surface area contributed by atoms with Gasteiger partial charge < -0.3 is 9.80 Å². The summed E-state index contributed by atoms with van der Waals surface area (Å²) in [4.78, 5) is 23.5. The lowest BCUT2D eigenvalue weighted by Crippen LogP contribution is -2.44. The van der Waals surface area contributed by atoms with Crippen molar-refractivity contribution in [3.05, 3.63) is 11.6 Å². The van der Waals surface area contributed by atoms with E-state index in [1.807, 2.05) is 28.2 Å². The van der Waals surface area contributed by atoms with Gasteiger partial charge in [0.1, 0.15) is 0 Å². The fourth-order valence-corrected chi connectivity index (χ4v) is 5.04. The first kappa shape index (κ1) is 16.1. The molecule has 22 heavy (non-hydrogen) atoms. The molecule has 3 rings (SSSR count). The number of nitrogens with zero attached hydrogens (tertiary/aromatic N) is 4. The average Bonchev–Trinajstić information content (AvgIpc) is 3.17. The summed E-state index contributed by atoms with van der Waals surface area (Å²) in [5, 5.41) is 3.09. The molecule has 0 bridgehead atoms. The number of carbonyl (C=O) groups is 1. The maximum absolute atomic E-state index is 12.6. The number of carbonyl (C=O) groups excluding carboxylic acids is 1. The van der Waals surface area contributed by atoms with Crippen molar-refractivity contribution in [2.75, 3.05) is 56.2 Å². The van der Waals surface area contributed by atoms with Gasteiger partial charge in [-0.2, -0.15) is 11.8 Å². The standard InChI is InChI=1S/C15H24N4OS2/c1-17(13-3-9-21-12-13)11-14(20)18-5-2-6-19(8-7-18)15-16-4-10-22-15/h4,10,13H,2-3,5-9,11-12H2,1H3/t13-/m0/s1. The van der Waals surface area contributed by atoms with Crippen molar-refractivity contribution in [1.82, 2.24) is 14.8 Å². The Morgan fingerprint density at radius 3 is 3.05 bits per heavy atom. The van der Waals surface area contributed by atoms with Crippen molar-refractivity contribution >= 4 is 34.1 Å². The maximum atomic E-state index is 12.6. The molecule has 1 amide bonds. The summed E-state index contributed by atoms with van der Waals surface area (Å²) in [6.07, 6.45) is 4.09. The van der Waals surface area contributed by atoms with Gasteiger partial charge >= 0.3 is 0 Å². The highest BCUT2D eigenvalue weighted by atomic mass is 32.2. The minimum Gasteiger partial charge on any atom is -0.346 e. The molecule has 7 heteroatoms. The molecule has 1 atom stereocenters. The number of rotatable bonds is 4. The molecule has 3 heterocycles. The largest absolute Gasteiger partial charge is 0.346 e. The summed E-state index contributed by atoms with van der Waals surface area (Å²) < 4.78 is 0. The molecule has 2 saturated heterocycles. The zero-order chi connectivity index (χ0) is 15.4.